The molecule has 0 amide bonds. The van der Waals surface area contributed by atoms with Gasteiger partial charge in [-0.3, -0.25) is 14.4 Å². The molecule has 0 aliphatic carbocycles. The van der Waals surface area contributed by atoms with Gasteiger partial charge in [-0.1, -0.05) is 308 Å². The van der Waals surface area contributed by atoms with Gasteiger partial charge in [-0.05, 0) is 122 Å². The third-order valence-corrected chi connectivity index (χ3v) is 14.3. The fraction of sp³-hybridized carbons (Fsp3) is 0.649. The molecule has 0 rings (SSSR count). The lowest BCUT2D eigenvalue weighted by Gasteiger charge is -2.18. The molecule has 0 spiro atoms. The minimum absolute atomic E-state index is 0.0959. The number of esters is 3. The van der Waals surface area contributed by atoms with E-state index in [2.05, 4.69) is 167 Å². The zero-order chi connectivity index (χ0) is 59.9. The van der Waals surface area contributed by atoms with Crippen LogP contribution in [0.3, 0.4) is 0 Å². The zero-order valence-electron chi connectivity index (χ0n) is 53.9. The van der Waals surface area contributed by atoms with Crippen molar-refractivity contribution in [2.24, 2.45) is 0 Å². The molecular weight excluding hydrogens is 1020 g/mol. The van der Waals surface area contributed by atoms with Crippen LogP contribution in [0, 0.1) is 0 Å². The molecule has 0 fully saturated rings. The molecule has 0 heterocycles. The summed E-state index contributed by atoms with van der Waals surface area (Å²) in [6.45, 7) is 6.40. The van der Waals surface area contributed by atoms with E-state index in [9.17, 15) is 14.4 Å². The molecule has 0 bridgehead atoms. The molecule has 0 aromatic rings. The second-order valence-electron chi connectivity index (χ2n) is 22.3. The lowest BCUT2D eigenvalue weighted by molar-refractivity contribution is -0.167. The molecule has 0 aliphatic heterocycles. The van der Waals surface area contributed by atoms with Crippen LogP contribution in [0.15, 0.2) is 146 Å². The molecule has 470 valence electrons. The van der Waals surface area contributed by atoms with Gasteiger partial charge in [0.2, 0.25) is 0 Å². The van der Waals surface area contributed by atoms with Crippen LogP contribution >= 0.6 is 0 Å². The highest BCUT2D eigenvalue weighted by atomic mass is 16.6. The van der Waals surface area contributed by atoms with E-state index in [1.165, 1.54) is 103 Å². The Hall–Kier alpha value is -4.71. The van der Waals surface area contributed by atoms with Crippen molar-refractivity contribution >= 4 is 17.9 Å². The average Bonchev–Trinajstić information content (AvgIpc) is 3.49. The summed E-state index contributed by atoms with van der Waals surface area (Å²) in [5.41, 5.74) is 0. The first-order valence-electron chi connectivity index (χ1n) is 34.3. The first kappa shape index (κ1) is 78.3. The quantitative estimate of drug-likeness (QED) is 0.0261. The molecule has 83 heavy (non-hydrogen) atoms. The lowest BCUT2D eigenvalue weighted by atomic mass is 10.0. The molecule has 0 aromatic carbocycles. The Morgan fingerprint density at radius 3 is 0.735 bits per heavy atom. The number of rotatable bonds is 61. The van der Waals surface area contributed by atoms with Gasteiger partial charge in [0.25, 0.3) is 0 Å². The summed E-state index contributed by atoms with van der Waals surface area (Å²) in [7, 11) is 0. The van der Waals surface area contributed by atoms with Gasteiger partial charge in [0.1, 0.15) is 13.2 Å². The topological polar surface area (TPSA) is 78.9 Å². The first-order valence-corrected chi connectivity index (χ1v) is 34.3. The SMILES string of the molecule is CC/C=C\C/C=C\C/C=C\C/C=C\C/C=C\C/C=C\CCCCCCCCC(=O)OCC(COC(=O)CCCCCCCCCCCCCCCCCCC)OC(=O)CCCCCC/C=C\C/C=C\C/C=C\C/C=C\C/C=C\C/C=C\CC. The fourth-order valence-corrected chi connectivity index (χ4v) is 9.27. The van der Waals surface area contributed by atoms with E-state index in [0.717, 1.165) is 161 Å². The van der Waals surface area contributed by atoms with Gasteiger partial charge in [-0.15, -0.1) is 0 Å². The smallest absolute Gasteiger partial charge is 0.306 e. The van der Waals surface area contributed by atoms with Crippen LogP contribution in [0.2, 0.25) is 0 Å². The van der Waals surface area contributed by atoms with Crippen molar-refractivity contribution in [2.45, 2.75) is 309 Å². The average molecular weight is 1150 g/mol. The number of unbranched alkanes of at least 4 members (excludes halogenated alkanes) is 26. The van der Waals surface area contributed by atoms with Gasteiger partial charge < -0.3 is 14.2 Å². The standard InChI is InChI=1S/C77H126O6/c1-4-7-10-13-16-19-22-25-28-31-33-35-37-38-40-41-43-46-49-52-55-58-61-64-67-70-76(79)82-73-74(72-81-75(78)69-66-63-60-57-54-51-48-45-30-27-24-21-18-15-12-9-6-3)83-77(80)71-68-65-62-59-56-53-50-47-44-42-39-36-34-32-29-26-23-20-17-14-11-8-5-2/h7-8,10-11,16-17,19-20,25-26,28-29,33-36,38,40,42-44,46,50,53,74H,4-6,9,12-15,18,21-24,27,30-32,37,39,41,45,47-49,51-52,54-73H2,1-3H3/b10-7-,11-8-,19-16-,20-17-,28-25-,29-26-,35-33-,36-34-,40-38-,44-42-,46-43-,53-50-. The van der Waals surface area contributed by atoms with Crippen LogP contribution in [0.5, 0.6) is 0 Å². The van der Waals surface area contributed by atoms with Crippen molar-refractivity contribution in [3.8, 4) is 0 Å². The highest BCUT2D eigenvalue weighted by Gasteiger charge is 2.19. The normalized spacial score (nSPS) is 13.0. The molecule has 0 aliphatic rings. The number of hydrogen-bond donors (Lipinski definition) is 0. The molecule has 0 radical (unpaired) electrons. The second kappa shape index (κ2) is 69.8. The van der Waals surface area contributed by atoms with Gasteiger partial charge in [0.05, 0.1) is 0 Å². The predicted octanol–water partition coefficient (Wildman–Crippen LogP) is 23.9. The Bertz CT molecular complexity index is 1800. The summed E-state index contributed by atoms with van der Waals surface area (Å²) < 4.78 is 17.0. The molecule has 0 N–H and O–H groups in total. The molecule has 1 unspecified atom stereocenters. The van der Waals surface area contributed by atoms with E-state index in [1.54, 1.807) is 0 Å². The second-order valence-corrected chi connectivity index (χ2v) is 22.3. The number of ether oxygens (including phenoxy) is 3. The van der Waals surface area contributed by atoms with Crippen LogP contribution in [0.4, 0.5) is 0 Å². The van der Waals surface area contributed by atoms with Gasteiger partial charge in [0.15, 0.2) is 6.10 Å². The van der Waals surface area contributed by atoms with E-state index < -0.39 is 6.10 Å². The number of carbonyl (C=O) groups is 3. The maximum Gasteiger partial charge on any atom is 0.306 e. The van der Waals surface area contributed by atoms with Crippen molar-refractivity contribution in [2.75, 3.05) is 13.2 Å². The third-order valence-electron chi connectivity index (χ3n) is 14.3. The van der Waals surface area contributed by atoms with Gasteiger partial charge in [0, 0.05) is 19.3 Å². The maximum atomic E-state index is 13.0. The van der Waals surface area contributed by atoms with Gasteiger partial charge in [-0.25, -0.2) is 0 Å². The summed E-state index contributed by atoms with van der Waals surface area (Å²) in [6, 6.07) is 0. The van der Waals surface area contributed by atoms with Crippen LogP contribution in [0.1, 0.15) is 303 Å². The Kier molecular flexibility index (Phi) is 65.8. The van der Waals surface area contributed by atoms with Crippen molar-refractivity contribution in [1.29, 1.82) is 0 Å². The molecule has 1 atom stereocenters. The summed E-state index contributed by atoms with van der Waals surface area (Å²) in [5, 5.41) is 0. The van der Waals surface area contributed by atoms with Gasteiger partial charge in [-0.2, -0.15) is 0 Å². The highest BCUT2D eigenvalue weighted by molar-refractivity contribution is 5.71. The maximum absolute atomic E-state index is 13.0. The molecule has 0 saturated carbocycles. The minimum atomic E-state index is -0.805. The Morgan fingerprint density at radius 2 is 0.470 bits per heavy atom. The molecule has 0 saturated heterocycles. The van der Waals surface area contributed by atoms with Crippen LogP contribution in [-0.4, -0.2) is 37.2 Å². The summed E-state index contributed by atoms with van der Waals surface area (Å²) in [5.74, 6) is -0.930. The zero-order valence-corrected chi connectivity index (χ0v) is 53.9. The van der Waals surface area contributed by atoms with E-state index in [-0.39, 0.29) is 31.1 Å². The van der Waals surface area contributed by atoms with Crippen molar-refractivity contribution in [3.05, 3.63) is 146 Å². The van der Waals surface area contributed by atoms with E-state index in [1.807, 2.05) is 0 Å². The summed E-state index contributed by atoms with van der Waals surface area (Å²) >= 11 is 0. The Balaban J connectivity index is 4.48. The molecular formula is C77H126O6. The monoisotopic (exact) mass is 1150 g/mol. The van der Waals surface area contributed by atoms with Crippen molar-refractivity contribution in [1.82, 2.24) is 0 Å². The molecule has 6 nitrogen and oxygen atoms in total. The molecule has 0 aromatic heterocycles. The predicted molar refractivity (Wildman–Crippen MR) is 362 cm³/mol. The first-order chi connectivity index (χ1) is 41.0. The van der Waals surface area contributed by atoms with E-state index >= 15 is 0 Å². The summed E-state index contributed by atoms with van der Waals surface area (Å²) in [6.07, 6.45) is 99.9. The Labute approximate surface area is 512 Å². The van der Waals surface area contributed by atoms with E-state index in [4.69, 9.17) is 14.2 Å². The fourth-order valence-electron chi connectivity index (χ4n) is 9.27. The lowest BCUT2D eigenvalue weighted by Crippen LogP contribution is -2.30. The van der Waals surface area contributed by atoms with Crippen molar-refractivity contribution in [3.63, 3.8) is 0 Å². The van der Waals surface area contributed by atoms with Crippen LogP contribution in [-0.2, 0) is 28.6 Å². The minimum Gasteiger partial charge on any atom is -0.462 e. The van der Waals surface area contributed by atoms with Crippen molar-refractivity contribution < 1.29 is 28.6 Å². The number of hydrogen-bond acceptors (Lipinski definition) is 6. The van der Waals surface area contributed by atoms with Crippen LogP contribution < -0.4 is 0 Å². The Morgan fingerprint density at radius 1 is 0.253 bits per heavy atom. The molecule has 6 heteroatoms. The number of allylic oxidation sites excluding steroid dienone is 24. The third kappa shape index (κ3) is 68.0. The highest BCUT2D eigenvalue weighted by Crippen LogP contribution is 2.16. The van der Waals surface area contributed by atoms with E-state index in [0.29, 0.717) is 19.3 Å². The summed E-state index contributed by atoms with van der Waals surface area (Å²) in [4.78, 5) is 38.5. The van der Waals surface area contributed by atoms with Gasteiger partial charge >= 0.3 is 17.9 Å². The number of carbonyl (C=O) groups excluding carboxylic acids is 3. The largest absolute Gasteiger partial charge is 0.462 e. The van der Waals surface area contributed by atoms with Crippen LogP contribution in [0.25, 0.3) is 0 Å².